The molecule has 1 aromatic heterocycles. The number of amides is 1. The van der Waals surface area contributed by atoms with Gasteiger partial charge in [0.05, 0.1) is 4.90 Å². The number of rotatable bonds is 6. The first-order valence-corrected chi connectivity index (χ1v) is 12.2. The van der Waals surface area contributed by atoms with Gasteiger partial charge >= 0.3 is 6.01 Å². The Bertz CT molecular complexity index is 1210. The molecule has 4 rings (SSSR count). The van der Waals surface area contributed by atoms with E-state index >= 15 is 0 Å². The van der Waals surface area contributed by atoms with Crippen molar-refractivity contribution in [2.45, 2.75) is 43.5 Å². The second-order valence-corrected chi connectivity index (χ2v) is 9.90. The van der Waals surface area contributed by atoms with Gasteiger partial charge in [0, 0.05) is 28.7 Å². The molecule has 8 nitrogen and oxygen atoms in total. The summed E-state index contributed by atoms with van der Waals surface area (Å²) in [5, 5.41) is 10.8. The molecule has 1 fully saturated rings. The van der Waals surface area contributed by atoms with Crippen LogP contribution in [0.25, 0.3) is 11.5 Å². The molecular formula is C22H23ClN4O4S. The number of hydrogen-bond acceptors (Lipinski definition) is 6. The zero-order chi connectivity index (χ0) is 22.7. The lowest BCUT2D eigenvalue weighted by Crippen LogP contribution is -2.43. The van der Waals surface area contributed by atoms with Crippen molar-refractivity contribution < 1.29 is 17.6 Å². The van der Waals surface area contributed by atoms with Crippen molar-refractivity contribution in [2.24, 2.45) is 0 Å². The van der Waals surface area contributed by atoms with Gasteiger partial charge in [0.15, 0.2) is 0 Å². The molecule has 1 N–H and O–H groups in total. The first kappa shape index (κ1) is 22.4. The van der Waals surface area contributed by atoms with Gasteiger partial charge in [-0.1, -0.05) is 36.1 Å². The van der Waals surface area contributed by atoms with E-state index in [4.69, 9.17) is 16.0 Å². The maximum atomic E-state index is 13.1. The fraction of sp³-hybridized carbons (Fsp3) is 0.318. The van der Waals surface area contributed by atoms with E-state index in [2.05, 4.69) is 15.5 Å². The van der Waals surface area contributed by atoms with Gasteiger partial charge in [0.1, 0.15) is 0 Å². The van der Waals surface area contributed by atoms with E-state index in [1.807, 2.05) is 6.92 Å². The van der Waals surface area contributed by atoms with E-state index in [0.717, 1.165) is 25.7 Å². The molecule has 1 amide bonds. The maximum Gasteiger partial charge on any atom is 0.322 e. The summed E-state index contributed by atoms with van der Waals surface area (Å²) in [6, 6.07) is 12.7. The second-order valence-electron chi connectivity index (χ2n) is 7.57. The third-order valence-corrected chi connectivity index (χ3v) is 7.69. The molecule has 0 saturated carbocycles. The van der Waals surface area contributed by atoms with Crippen LogP contribution in [0.2, 0.25) is 5.02 Å². The molecule has 0 spiro atoms. The maximum absolute atomic E-state index is 13.1. The summed E-state index contributed by atoms with van der Waals surface area (Å²) in [6.07, 6.45) is 3.55. The zero-order valence-corrected chi connectivity index (χ0v) is 19.1. The number of sulfonamides is 1. The Morgan fingerprint density at radius 3 is 2.69 bits per heavy atom. The lowest BCUT2D eigenvalue weighted by Gasteiger charge is -2.34. The normalized spacial score (nSPS) is 17.2. The van der Waals surface area contributed by atoms with E-state index < -0.39 is 15.9 Å². The highest BCUT2D eigenvalue weighted by Gasteiger charge is 2.32. The number of nitrogens with zero attached hydrogens (tertiary/aromatic N) is 3. The number of nitrogens with one attached hydrogen (secondary N) is 1. The number of hydrogen-bond donors (Lipinski definition) is 1. The number of halogens is 1. The van der Waals surface area contributed by atoms with Crippen molar-refractivity contribution in [1.82, 2.24) is 14.5 Å². The van der Waals surface area contributed by atoms with Crippen molar-refractivity contribution >= 4 is 33.5 Å². The van der Waals surface area contributed by atoms with E-state index in [9.17, 15) is 13.2 Å². The molecule has 0 bridgehead atoms. The number of carbonyl (C=O) groups excluding carboxylic acids is 1. The summed E-state index contributed by atoms with van der Waals surface area (Å²) in [4.78, 5) is 12.7. The highest BCUT2D eigenvalue weighted by atomic mass is 35.5. The Balaban J connectivity index is 1.47. The highest BCUT2D eigenvalue weighted by Crippen LogP contribution is 2.27. The summed E-state index contributed by atoms with van der Waals surface area (Å²) in [5.74, 6) is -0.268. The van der Waals surface area contributed by atoms with Gasteiger partial charge in [-0.3, -0.25) is 10.1 Å². The highest BCUT2D eigenvalue weighted by molar-refractivity contribution is 7.89. The molecule has 2 heterocycles. The molecule has 168 valence electrons. The van der Waals surface area contributed by atoms with Gasteiger partial charge in [0.2, 0.25) is 15.9 Å². The van der Waals surface area contributed by atoms with Gasteiger partial charge in [-0.05, 0) is 61.7 Å². The minimum absolute atomic E-state index is 0.0166. The Hall–Kier alpha value is -2.75. The summed E-state index contributed by atoms with van der Waals surface area (Å²) in [5.41, 5.74) is 0.903. The van der Waals surface area contributed by atoms with Gasteiger partial charge in [-0.15, -0.1) is 5.10 Å². The topological polar surface area (TPSA) is 105 Å². The van der Waals surface area contributed by atoms with Crippen LogP contribution in [0.15, 0.2) is 57.8 Å². The summed E-state index contributed by atoms with van der Waals surface area (Å²) < 4.78 is 33.2. The average molecular weight is 475 g/mol. The molecule has 0 radical (unpaired) electrons. The van der Waals surface area contributed by atoms with Crippen LogP contribution in [0.1, 0.15) is 43.0 Å². The Labute approximate surface area is 191 Å². The predicted octanol–water partition coefficient (Wildman–Crippen LogP) is 4.60. The standard InChI is InChI=1S/C22H23ClN4O4S/c1-2-18-8-3-4-13-27(18)32(29,30)19-11-9-15(10-12-19)20(28)24-22-26-25-21(31-22)16-6-5-7-17(23)14-16/h5-7,9-12,14,18H,2-4,8,13H2,1H3,(H,24,26,28). The van der Waals surface area contributed by atoms with Crippen LogP contribution >= 0.6 is 11.6 Å². The molecular weight excluding hydrogens is 452 g/mol. The molecule has 10 heteroatoms. The number of benzene rings is 2. The van der Waals surface area contributed by atoms with Crippen LogP contribution in [0.3, 0.4) is 0 Å². The summed E-state index contributed by atoms with van der Waals surface area (Å²) in [6.45, 7) is 2.52. The molecule has 3 aromatic rings. The van der Waals surface area contributed by atoms with E-state index in [1.165, 1.54) is 24.3 Å². The minimum Gasteiger partial charge on any atom is -0.403 e. The lowest BCUT2D eigenvalue weighted by molar-refractivity contribution is 0.102. The summed E-state index contributed by atoms with van der Waals surface area (Å²) in [7, 11) is -3.61. The molecule has 1 atom stereocenters. The zero-order valence-electron chi connectivity index (χ0n) is 17.5. The Morgan fingerprint density at radius 1 is 1.19 bits per heavy atom. The average Bonchev–Trinajstić information content (AvgIpc) is 3.27. The number of piperidine rings is 1. The predicted molar refractivity (Wildman–Crippen MR) is 121 cm³/mol. The molecule has 2 aromatic carbocycles. The van der Waals surface area contributed by atoms with Crippen LogP contribution in [0.4, 0.5) is 6.01 Å². The second kappa shape index (κ2) is 9.40. The van der Waals surface area contributed by atoms with Crippen LogP contribution < -0.4 is 5.32 Å². The van der Waals surface area contributed by atoms with Gasteiger partial charge in [0.25, 0.3) is 5.91 Å². The van der Waals surface area contributed by atoms with Crippen molar-refractivity contribution in [1.29, 1.82) is 0 Å². The van der Waals surface area contributed by atoms with Crippen molar-refractivity contribution in [2.75, 3.05) is 11.9 Å². The molecule has 1 unspecified atom stereocenters. The Morgan fingerprint density at radius 2 is 1.97 bits per heavy atom. The molecule has 1 saturated heterocycles. The minimum atomic E-state index is -3.61. The number of carbonyl (C=O) groups is 1. The first-order chi connectivity index (χ1) is 15.4. The van der Waals surface area contributed by atoms with Crippen LogP contribution in [-0.4, -0.2) is 41.4 Å². The number of anilines is 1. The fourth-order valence-electron chi connectivity index (χ4n) is 3.79. The van der Waals surface area contributed by atoms with Crippen LogP contribution in [0.5, 0.6) is 0 Å². The van der Waals surface area contributed by atoms with Gasteiger partial charge < -0.3 is 4.42 Å². The molecule has 32 heavy (non-hydrogen) atoms. The van der Waals surface area contributed by atoms with E-state index in [0.29, 0.717) is 17.1 Å². The summed E-state index contributed by atoms with van der Waals surface area (Å²) >= 11 is 5.97. The van der Waals surface area contributed by atoms with Crippen molar-refractivity contribution in [3.63, 3.8) is 0 Å². The van der Waals surface area contributed by atoms with E-state index in [1.54, 1.807) is 28.6 Å². The largest absolute Gasteiger partial charge is 0.403 e. The smallest absolute Gasteiger partial charge is 0.322 e. The van der Waals surface area contributed by atoms with Crippen LogP contribution in [-0.2, 0) is 10.0 Å². The van der Waals surface area contributed by atoms with Gasteiger partial charge in [-0.25, -0.2) is 8.42 Å². The molecule has 1 aliphatic heterocycles. The number of aromatic nitrogens is 2. The third kappa shape index (κ3) is 4.69. The Kier molecular flexibility index (Phi) is 6.59. The fourth-order valence-corrected chi connectivity index (χ4v) is 5.75. The lowest BCUT2D eigenvalue weighted by atomic mass is 10.0. The van der Waals surface area contributed by atoms with Crippen molar-refractivity contribution in [3.8, 4) is 11.5 Å². The quantitative estimate of drug-likeness (QED) is 0.559. The monoisotopic (exact) mass is 474 g/mol. The third-order valence-electron chi connectivity index (χ3n) is 5.48. The molecule has 1 aliphatic rings. The van der Waals surface area contributed by atoms with E-state index in [-0.39, 0.29) is 28.4 Å². The molecule has 0 aliphatic carbocycles. The first-order valence-electron chi connectivity index (χ1n) is 10.4. The SMILES string of the molecule is CCC1CCCCN1S(=O)(=O)c1ccc(C(=O)Nc2nnc(-c3cccc(Cl)c3)o2)cc1. The van der Waals surface area contributed by atoms with Crippen LogP contribution in [0, 0.1) is 0 Å². The van der Waals surface area contributed by atoms with Gasteiger partial charge in [-0.2, -0.15) is 4.31 Å². The van der Waals surface area contributed by atoms with Crippen molar-refractivity contribution in [3.05, 3.63) is 59.1 Å².